The highest BCUT2D eigenvalue weighted by atomic mass is 19.4. The van der Waals surface area contributed by atoms with Gasteiger partial charge in [-0.2, -0.15) is 13.2 Å². The Labute approximate surface area is 138 Å². The van der Waals surface area contributed by atoms with Gasteiger partial charge in [-0.25, -0.2) is 4.79 Å². The van der Waals surface area contributed by atoms with E-state index in [9.17, 15) is 33.2 Å². The number of nitrogens with zero attached hydrogens (tertiary/aromatic N) is 1. The summed E-state index contributed by atoms with van der Waals surface area (Å²) in [6.07, 6.45) is -5.44. The van der Waals surface area contributed by atoms with Crippen molar-refractivity contribution in [3.63, 3.8) is 0 Å². The smallest absolute Gasteiger partial charge is 0.416 e. The Morgan fingerprint density at radius 2 is 1.84 bits per heavy atom. The number of carbonyl (C=O) groups is 1. The van der Waals surface area contributed by atoms with Gasteiger partial charge in [0.25, 0.3) is 5.69 Å². The number of benzene rings is 2. The Kier molecular flexibility index (Phi) is 5.11. The predicted molar refractivity (Wildman–Crippen MR) is 80.0 cm³/mol. The maximum atomic E-state index is 12.4. The Hall–Kier alpha value is -3.30. The van der Waals surface area contributed by atoms with Gasteiger partial charge in [-0.3, -0.25) is 15.4 Å². The zero-order chi connectivity index (χ0) is 18.6. The number of carbonyl (C=O) groups excluding carboxylic acids is 1. The average molecular weight is 356 g/mol. The number of aromatic hydroxyl groups is 1. The minimum absolute atomic E-state index is 0.0888. The molecular formula is C15H11F3N2O5. The molecule has 0 heterocycles. The summed E-state index contributed by atoms with van der Waals surface area (Å²) in [4.78, 5) is 21.5. The monoisotopic (exact) mass is 356 g/mol. The third kappa shape index (κ3) is 4.83. The summed E-state index contributed by atoms with van der Waals surface area (Å²) < 4.78 is 42.1. The van der Waals surface area contributed by atoms with Crippen LogP contribution in [0.4, 0.5) is 29.3 Å². The lowest BCUT2D eigenvalue weighted by Crippen LogP contribution is -2.14. The quantitative estimate of drug-likeness (QED) is 0.635. The van der Waals surface area contributed by atoms with Crippen LogP contribution < -0.4 is 5.32 Å². The second-order valence-corrected chi connectivity index (χ2v) is 4.85. The Bertz CT molecular complexity index is 791. The first kappa shape index (κ1) is 18.0. The fraction of sp³-hybridized carbons (Fsp3) is 0.133. The number of hydrogen-bond acceptors (Lipinski definition) is 5. The van der Waals surface area contributed by atoms with Gasteiger partial charge in [0.05, 0.1) is 16.6 Å². The van der Waals surface area contributed by atoms with Crippen molar-refractivity contribution in [1.82, 2.24) is 0 Å². The van der Waals surface area contributed by atoms with Gasteiger partial charge in [0, 0.05) is 17.3 Å². The van der Waals surface area contributed by atoms with Gasteiger partial charge in [0.15, 0.2) is 0 Å². The van der Waals surface area contributed by atoms with Crippen LogP contribution in [0.3, 0.4) is 0 Å². The predicted octanol–water partition coefficient (Wildman–Crippen LogP) is 4.07. The van der Waals surface area contributed by atoms with Crippen LogP contribution in [0.5, 0.6) is 5.75 Å². The second kappa shape index (κ2) is 7.07. The fourth-order valence-electron chi connectivity index (χ4n) is 1.83. The summed E-state index contributed by atoms with van der Waals surface area (Å²) in [5, 5.41) is 22.4. The lowest BCUT2D eigenvalue weighted by Gasteiger charge is -2.10. The van der Waals surface area contributed by atoms with E-state index in [0.29, 0.717) is 0 Å². The molecule has 132 valence electrons. The maximum Gasteiger partial charge on any atom is 0.416 e. The van der Waals surface area contributed by atoms with Gasteiger partial charge in [0.2, 0.25) is 0 Å². The Balaban J connectivity index is 1.94. The molecule has 1 amide bonds. The maximum absolute atomic E-state index is 12.4. The number of halogens is 3. The average Bonchev–Trinajstić information content (AvgIpc) is 2.53. The third-order valence-corrected chi connectivity index (χ3v) is 3.10. The number of amides is 1. The fourth-order valence-corrected chi connectivity index (χ4v) is 1.83. The molecular weight excluding hydrogens is 345 g/mol. The molecule has 0 saturated carbocycles. The first-order valence-electron chi connectivity index (χ1n) is 6.74. The minimum atomic E-state index is -4.48. The van der Waals surface area contributed by atoms with Crippen LogP contribution in [-0.2, 0) is 17.5 Å². The van der Waals surface area contributed by atoms with Gasteiger partial charge in [-0.15, -0.1) is 0 Å². The number of nitro benzene ring substituents is 1. The van der Waals surface area contributed by atoms with Crippen LogP contribution in [0.15, 0.2) is 42.5 Å². The molecule has 2 aromatic rings. The first-order chi connectivity index (χ1) is 11.7. The van der Waals surface area contributed by atoms with E-state index in [4.69, 9.17) is 4.74 Å². The molecule has 2 rings (SSSR count). The van der Waals surface area contributed by atoms with Crippen molar-refractivity contribution < 1.29 is 32.7 Å². The number of anilines is 1. The third-order valence-electron chi connectivity index (χ3n) is 3.10. The highest BCUT2D eigenvalue weighted by Gasteiger charge is 2.30. The van der Waals surface area contributed by atoms with E-state index in [1.807, 2.05) is 0 Å². The molecule has 0 bridgehead atoms. The van der Waals surface area contributed by atoms with Crippen molar-refractivity contribution in [1.29, 1.82) is 0 Å². The van der Waals surface area contributed by atoms with Crippen LogP contribution in [0, 0.1) is 10.1 Å². The van der Waals surface area contributed by atoms with Crippen LogP contribution >= 0.6 is 0 Å². The molecule has 0 aliphatic carbocycles. The molecule has 0 radical (unpaired) electrons. The van der Waals surface area contributed by atoms with E-state index in [2.05, 4.69) is 5.32 Å². The summed E-state index contributed by atoms with van der Waals surface area (Å²) in [5.74, 6) is -0.420. The summed E-state index contributed by atoms with van der Waals surface area (Å²) >= 11 is 0. The number of ether oxygens (including phenoxy) is 1. The lowest BCUT2D eigenvalue weighted by molar-refractivity contribution is -0.385. The first-order valence-corrected chi connectivity index (χ1v) is 6.74. The van der Waals surface area contributed by atoms with E-state index >= 15 is 0 Å². The molecule has 0 unspecified atom stereocenters. The molecule has 0 fully saturated rings. The van der Waals surface area contributed by atoms with Crippen LogP contribution in [0.1, 0.15) is 11.1 Å². The molecule has 0 spiro atoms. The van der Waals surface area contributed by atoms with Crippen molar-refractivity contribution in [2.75, 3.05) is 5.32 Å². The molecule has 0 aliphatic heterocycles. The van der Waals surface area contributed by atoms with Crippen LogP contribution in [0.2, 0.25) is 0 Å². The Morgan fingerprint density at radius 3 is 2.36 bits per heavy atom. The van der Waals surface area contributed by atoms with Crippen molar-refractivity contribution in [2.45, 2.75) is 12.8 Å². The zero-order valence-electron chi connectivity index (χ0n) is 12.4. The molecule has 0 aromatic heterocycles. The number of nitro groups is 1. The standard InChI is InChI=1S/C15H11F3N2O5/c16-15(17,18)10-2-4-11(5-3-10)19-14(22)25-8-9-1-6-12(20(23)24)7-13(9)21/h1-7,21H,8H2,(H,19,22). The van der Waals surface area contributed by atoms with Gasteiger partial charge in [-0.1, -0.05) is 0 Å². The van der Waals surface area contributed by atoms with Gasteiger partial charge >= 0.3 is 12.3 Å². The number of phenolic OH excluding ortho intramolecular Hbond substituents is 1. The van der Waals surface area contributed by atoms with E-state index < -0.39 is 28.5 Å². The number of non-ortho nitro benzene ring substituents is 1. The van der Waals surface area contributed by atoms with E-state index in [1.54, 1.807) is 0 Å². The molecule has 25 heavy (non-hydrogen) atoms. The number of hydrogen-bond donors (Lipinski definition) is 2. The van der Waals surface area contributed by atoms with Crippen LogP contribution in [-0.4, -0.2) is 16.1 Å². The molecule has 2 N–H and O–H groups in total. The number of rotatable bonds is 4. The Morgan fingerprint density at radius 1 is 1.20 bits per heavy atom. The van der Waals surface area contributed by atoms with Crippen molar-refractivity contribution in [3.05, 3.63) is 63.7 Å². The zero-order valence-corrected chi connectivity index (χ0v) is 12.4. The molecule has 0 aliphatic rings. The highest BCUT2D eigenvalue weighted by Crippen LogP contribution is 2.30. The summed E-state index contributed by atoms with van der Waals surface area (Å²) in [6.45, 7) is -0.379. The highest BCUT2D eigenvalue weighted by molar-refractivity contribution is 5.84. The van der Waals surface area contributed by atoms with E-state index in [-0.39, 0.29) is 23.5 Å². The van der Waals surface area contributed by atoms with Crippen molar-refractivity contribution in [2.24, 2.45) is 0 Å². The van der Waals surface area contributed by atoms with Crippen LogP contribution in [0.25, 0.3) is 0 Å². The summed E-state index contributed by atoms with van der Waals surface area (Å²) in [5.41, 5.74) is -0.961. The summed E-state index contributed by atoms with van der Waals surface area (Å²) in [7, 11) is 0. The molecule has 0 atom stereocenters. The lowest BCUT2D eigenvalue weighted by atomic mass is 10.2. The second-order valence-electron chi connectivity index (χ2n) is 4.85. The van der Waals surface area contributed by atoms with Gasteiger partial charge in [-0.05, 0) is 30.3 Å². The normalized spacial score (nSPS) is 11.0. The van der Waals surface area contributed by atoms with Crippen molar-refractivity contribution in [3.8, 4) is 5.75 Å². The summed E-state index contributed by atoms with van der Waals surface area (Å²) in [6, 6.07) is 6.99. The molecule has 7 nitrogen and oxygen atoms in total. The molecule has 2 aromatic carbocycles. The van der Waals surface area contributed by atoms with Gasteiger partial charge in [0.1, 0.15) is 12.4 Å². The number of phenols is 1. The number of alkyl halides is 3. The molecule has 0 saturated heterocycles. The largest absolute Gasteiger partial charge is 0.507 e. The van der Waals surface area contributed by atoms with Gasteiger partial charge < -0.3 is 9.84 Å². The van der Waals surface area contributed by atoms with E-state index in [1.165, 1.54) is 6.07 Å². The van der Waals surface area contributed by atoms with E-state index in [0.717, 1.165) is 36.4 Å². The topological polar surface area (TPSA) is 102 Å². The molecule has 10 heteroatoms. The van der Waals surface area contributed by atoms with Crippen molar-refractivity contribution >= 4 is 17.5 Å². The minimum Gasteiger partial charge on any atom is -0.507 e. The SMILES string of the molecule is O=C(Nc1ccc(C(F)(F)F)cc1)OCc1ccc([N+](=O)[O-])cc1O. The number of nitrogens with one attached hydrogen (secondary N) is 1.